The molecule has 31 heavy (non-hydrogen) atoms. The summed E-state index contributed by atoms with van der Waals surface area (Å²) in [5, 5.41) is 13.7. The summed E-state index contributed by atoms with van der Waals surface area (Å²) in [4.78, 5) is 28.0. The monoisotopic (exact) mass is 496 g/mol. The van der Waals surface area contributed by atoms with E-state index in [9.17, 15) is 14.9 Å². The molecule has 0 aliphatic carbocycles. The molecule has 0 atom stereocenters. The number of hydrogen-bond acceptors (Lipinski definition) is 3. The van der Waals surface area contributed by atoms with E-state index in [1.54, 1.807) is 27.7 Å². The number of carbonyl (C=O) groups excluding carboxylic acids is 2. The van der Waals surface area contributed by atoms with Gasteiger partial charge in [0.15, 0.2) is 0 Å². The lowest BCUT2D eigenvalue weighted by atomic mass is 9.73. The van der Waals surface area contributed by atoms with Gasteiger partial charge in [-0.15, -0.1) is 0 Å². The molecule has 3 heterocycles. The molecule has 2 aliphatic rings. The van der Waals surface area contributed by atoms with Crippen molar-refractivity contribution in [2.75, 3.05) is 18.4 Å². The minimum atomic E-state index is -0.608. The average Bonchev–Trinajstić information content (AvgIpc) is 3.24. The fourth-order valence-corrected chi connectivity index (χ4v) is 5.34. The zero-order valence-corrected chi connectivity index (χ0v) is 18.8. The predicted molar refractivity (Wildman–Crippen MR) is 122 cm³/mol. The molecule has 0 radical (unpaired) electrons. The highest BCUT2D eigenvalue weighted by molar-refractivity contribution is 9.10. The largest absolute Gasteiger partial charge is 0.337 e. The Morgan fingerprint density at radius 2 is 1.97 bits per heavy atom. The van der Waals surface area contributed by atoms with E-state index in [0.29, 0.717) is 36.6 Å². The Hall–Kier alpha value is -2.82. The lowest BCUT2D eigenvalue weighted by molar-refractivity contribution is -0.122. The van der Waals surface area contributed by atoms with Gasteiger partial charge >= 0.3 is 0 Å². The molecule has 1 spiro atoms. The summed E-state index contributed by atoms with van der Waals surface area (Å²) >= 11 is 9.61. The van der Waals surface area contributed by atoms with E-state index in [1.807, 2.05) is 24.3 Å². The van der Waals surface area contributed by atoms with Crippen LogP contribution in [0.25, 0.3) is 10.9 Å². The van der Waals surface area contributed by atoms with Gasteiger partial charge in [-0.05, 0) is 60.9 Å². The van der Waals surface area contributed by atoms with Crippen molar-refractivity contribution in [1.82, 2.24) is 9.47 Å². The van der Waals surface area contributed by atoms with Crippen LogP contribution in [0.1, 0.15) is 28.9 Å². The second kappa shape index (κ2) is 7.40. The maximum absolute atomic E-state index is 13.4. The normalized spacial score (nSPS) is 16.9. The van der Waals surface area contributed by atoms with Crippen molar-refractivity contribution in [3.8, 4) is 6.07 Å². The Labute approximate surface area is 192 Å². The number of likely N-dealkylation sites (tertiary alicyclic amines) is 1. The third-order valence-corrected chi connectivity index (χ3v) is 7.12. The fourth-order valence-electron chi connectivity index (χ4n) is 4.80. The van der Waals surface area contributed by atoms with Gasteiger partial charge < -0.3 is 14.8 Å². The van der Waals surface area contributed by atoms with Gasteiger partial charge in [-0.3, -0.25) is 9.59 Å². The SMILES string of the molecule is N#CCn1c(C(=O)N2CCC3(CC2)C(=O)Nc2ccc(Br)cc23)cc2cc(Cl)ccc21. The van der Waals surface area contributed by atoms with E-state index in [2.05, 4.69) is 27.3 Å². The second-order valence-electron chi connectivity index (χ2n) is 8.00. The van der Waals surface area contributed by atoms with Crippen LogP contribution in [-0.4, -0.2) is 34.4 Å². The lowest BCUT2D eigenvalue weighted by Crippen LogP contribution is -2.48. The fraction of sp³-hybridized carbons (Fsp3) is 0.261. The minimum Gasteiger partial charge on any atom is -0.337 e. The van der Waals surface area contributed by atoms with Gasteiger partial charge in [0, 0.05) is 39.2 Å². The minimum absolute atomic E-state index is 0.000866. The van der Waals surface area contributed by atoms with Crippen molar-refractivity contribution in [1.29, 1.82) is 5.26 Å². The highest BCUT2D eigenvalue weighted by Crippen LogP contribution is 2.46. The molecule has 5 rings (SSSR count). The molecule has 2 aliphatic heterocycles. The first kappa shape index (κ1) is 20.1. The van der Waals surface area contributed by atoms with E-state index in [0.717, 1.165) is 26.6 Å². The molecule has 1 aromatic heterocycles. The summed E-state index contributed by atoms with van der Waals surface area (Å²) in [6.45, 7) is 1.01. The molecular weight excluding hydrogens is 480 g/mol. The molecule has 6 nitrogen and oxygen atoms in total. The number of hydrogen-bond donors (Lipinski definition) is 1. The summed E-state index contributed by atoms with van der Waals surface area (Å²) in [7, 11) is 0. The summed E-state index contributed by atoms with van der Waals surface area (Å²) in [5.41, 5.74) is 2.50. The first-order valence-corrected chi connectivity index (χ1v) is 11.2. The van der Waals surface area contributed by atoms with Crippen LogP contribution in [0.5, 0.6) is 0 Å². The number of rotatable bonds is 2. The number of fused-ring (bicyclic) bond motifs is 3. The Morgan fingerprint density at radius 3 is 2.71 bits per heavy atom. The number of nitrogens with one attached hydrogen (secondary N) is 1. The van der Waals surface area contributed by atoms with Gasteiger partial charge in [-0.1, -0.05) is 27.5 Å². The third-order valence-electron chi connectivity index (χ3n) is 6.40. The summed E-state index contributed by atoms with van der Waals surface area (Å²) in [6, 6.07) is 15.1. The first-order valence-electron chi connectivity index (χ1n) is 9.99. The lowest BCUT2D eigenvalue weighted by Gasteiger charge is -2.38. The smallest absolute Gasteiger partial charge is 0.270 e. The molecular formula is C23H18BrClN4O2. The number of anilines is 1. The average molecular weight is 498 g/mol. The second-order valence-corrected chi connectivity index (χ2v) is 9.35. The highest BCUT2D eigenvalue weighted by atomic mass is 79.9. The number of carbonyl (C=O) groups is 2. The number of aromatic nitrogens is 1. The zero-order chi connectivity index (χ0) is 21.8. The van der Waals surface area contributed by atoms with Gasteiger partial charge in [-0.2, -0.15) is 5.26 Å². The van der Waals surface area contributed by atoms with Gasteiger partial charge in [0.05, 0.1) is 11.5 Å². The van der Waals surface area contributed by atoms with Crippen molar-refractivity contribution in [3.05, 3.63) is 63.2 Å². The maximum atomic E-state index is 13.4. The predicted octanol–water partition coefficient (Wildman–Crippen LogP) is 4.71. The van der Waals surface area contributed by atoms with Crippen LogP contribution < -0.4 is 5.32 Å². The number of nitrogens with zero attached hydrogens (tertiary/aromatic N) is 3. The molecule has 156 valence electrons. The van der Waals surface area contributed by atoms with Crippen molar-refractivity contribution in [2.45, 2.75) is 24.8 Å². The number of amides is 2. The van der Waals surface area contributed by atoms with Crippen molar-refractivity contribution in [3.63, 3.8) is 0 Å². The van der Waals surface area contributed by atoms with Crippen LogP contribution in [0.4, 0.5) is 5.69 Å². The number of nitriles is 1. The number of piperidine rings is 1. The molecule has 8 heteroatoms. The summed E-state index contributed by atoms with van der Waals surface area (Å²) < 4.78 is 2.66. The van der Waals surface area contributed by atoms with Crippen molar-refractivity contribution in [2.24, 2.45) is 0 Å². The summed E-state index contributed by atoms with van der Waals surface area (Å²) in [6.07, 6.45) is 1.11. The van der Waals surface area contributed by atoms with Crippen LogP contribution in [0.2, 0.25) is 5.02 Å². The molecule has 0 unspecified atom stereocenters. The quantitative estimate of drug-likeness (QED) is 0.557. The molecule has 1 saturated heterocycles. The molecule has 1 N–H and O–H groups in total. The van der Waals surface area contributed by atoms with E-state index in [-0.39, 0.29) is 18.4 Å². The van der Waals surface area contributed by atoms with Crippen LogP contribution in [-0.2, 0) is 16.8 Å². The van der Waals surface area contributed by atoms with Crippen LogP contribution in [0.3, 0.4) is 0 Å². The molecule has 2 amide bonds. The molecule has 2 aromatic carbocycles. The van der Waals surface area contributed by atoms with Crippen molar-refractivity contribution < 1.29 is 9.59 Å². The third kappa shape index (κ3) is 3.13. The van der Waals surface area contributed by atoms with Crippen molar-refractivity contribution >= 4 is 55.9 Å². The number of halogens is 2. The number of benzene rings is 2. The topological polar surface area (TPSA) is 78.1 Å². The molecule has 3 aromatic rings. The maximum Gasteiger partial charge on any atom is 0.270 e. The Balaban J connectivity index is 1.44. The van der Waals surface area contributed by atoms with Gasteiger partial charge in [-0.25, -0.2) is 0 Å². The van der Waals surface area contributed by atoms with E-state index in [1.165, 1.54) is 0 Å². The molecule has 1 fully saturated rings. The Morgan fingerprint density at radius 1 is 1.19 bits per heavy atom. The Kier molecular flexibility index (Phi) is 4.80. The standard InChI is InChI=1S/C23H18BrClN4O2/c24-15-1-3-18-17(13-15)23(22(31)27-18)5-8-28(9-6-23)21(30)20-12-14-11-16(25)2-4-19(14)29(20)10-7-26/h1-4,11-13H,5-6,8-10H2,(H,27,31). The van der Waals surface area contributed by atoms with Gasteiger partial charge in [0.1, 0.15) is 12.2 Å². The Bertz CT molecular complexity index is 1280. The molecule has 0 bridgehead atoms. The van der Waals surface area contributed by atoms with E-state index >= 15 is 0 Å². The van der Waals surface area contributed by atoms with Crippen LogP contribution in [0, 0.1) is 11.3 Å². The van der Waals surface area contributed by atoms with Crippen LogP contribution >= 0.6 is 27.5 Å². The summed E-state index contributed by atoms with van der Waals surface area (Å²) in [5.74, 6) is -0.133. The first-order chi connectivity index (χ1) is 14.9. The zero-order valence-electron chi connectivity index (χ0n) is 16.5. The van der Waals surface area contributed by atoms with Crippen LogP contribution in [0.15, 0.2) is 46.9 Å². The van der Waals surface area contributed by atoms with E-state index in [4.69, 9.17) is 11.6 Å². The highest BCUT2D eigenvalue weighted by Gasteiger charge is 2.49. The van der Waals surface area contributed by atoms with Gasteiger partial charge in [0.25, 0.3) is 5.91 Å². The molecule has 0 saturated carbocycles. The van der Waals surface area contributed by atoms with E-state index < -0.39 is 5.41 Å². The van der Waals surface area contributed by atoms with Gasteiger partial charge in [0.2, 0.25) is 5.91 Å².